The molecular weight excluding hydrogens is 300 g/mol. The topological polar surface area (TPSA) is 108 Å². The molecule has 118 valence electrons. The van der Waals surface area contributed by atoms with Crippen molar-refractivity contribution in [3.63, 3.8) is 0 Å². The van der Waals surface area contributed by atoms with Gasteiger partial charge in [0.1, 0.15) is 5.65 Å². The number of rotatable bonds is 4. The second-order valence-corrected chi connectivity index (χ2v) is 5.10. The minimum Gasteiger partial charge on any atom is -0.477 e. The van der Waals surface area contributed by atoms with Crippen molar-refractivity contribution in [2.75, 3.05) is 14.1 Å². The predicted octanol–water partition coefficient (Wildman–Crippen LogP) is 0.865. The van der Waals surface area contributed by atoms with Crippen LogP contribution >= 0.6 is 0 Å². The Morgan fingerprint density at radius 1 is 1.48 bits per heavy atom. The molecule has 0 unspecified atom stereocenters. The second-order valence-electron chi connectivity index (χ2n) is 5.10. The summed E-state index contributed by atoms with van der Waals surface area (Å²) in [5.74, 6) is -2.18. The van der Waals surface area contributed by atoms with Gasteiger partial charge >= 0.3 is 5.97 Å². The van der Waals surface area contributed by atoms with Crippen molar-refractivity contribution in [2.45, 2.75) is 0 Å². The van der Waals surface area contributed by atoms with E-state index < -0.39 is 17.3 Å². The summed E-state index contributed by atoms with van der Waals surface area (Å²) >= 11 is 0. The minimum absolute atomic E-state index is 0.0588. The summed E-state index contributed by atoms with van der Waals surface area (Å²) in [5.41, 5.74) is 3.61. The monoisotopic (exact) mass is 314 g/mol. The van der Waals surface area contributed by atoms with E-state index in [0.717, 1.165) is 5.39 Å². The number of ether oxygens (including phenoxy) is 1. The lowest BCUT2D eigenvalue weighted by molar-refractivity contribution is -0.134. The van der Waals surface area contributed by atoms with Crippen LogP contribution in [-0.2, 0) is 14.3 Å². The number of Topliss-reactive ketones (excluding diaryl/α,β-unsaturated/α-hetero) is 1. The van der Waals surface area contributed by atoms with Gasteiger partial charge in [0.2, 0.25) is 11.7 Å². The van der Waals surface area contributed by atoms with Crippen molar-refractivity contribution in [1.29, 1.82) is 0 Å². The van der Waals surface area contributed by atoms with E-state index in [4.69, 9.17) is 4.74 Å². The van der Waals surface area contributed by atoms with Crippen LogP contribution in [0.3, 0.4) is 0 Å². The van der Waals surface area contributed by atoms with Crippen molar-refractivity contribution in [3.05, 3.63) is 47.3 Å². The molecule has 2 aromatic rings. The maximum absolute atomic E-state index is 12.3. The fourth-order valence-corrected chi connectivity index (χ4v) is 2.24. The number of H-pyrrole nitrogens is 1. The molecule has 0 saturated carbocycles. The molecule has 1 aliphatic heterocycles. The summed E-state index contributed by atoms with van der Waals surface area (Å²) in [6, 6.07) is 3.62. The Balaban J connectivity index is 1.99. The first kappa shape index (κ1) is 14.8. The largest absolute Gasteiger partial charge is 0.477 e. The first-order valence-electron chi connectivity index (χ1n) is 6.75. The zero-order valence-electron chi connectivity index (χ0n) is 12.5. The first-order valence-corrected chi connectivity index (χ1v) is 6.75. The van der Waals surface area contributed by atoms with Gasteiger partial charge in [-0.15, -0.1) is 0 Å². The number of carboxylic acids is 1. The molecule has 0 radical (unpaired) electrons. The van der Waals surface area contributed by atoms with E-state index in [9.17, 15) is 14.7 Å². The fraction of sp³-hybridized carbons (Fsp3) is 0.133. The highest BCUT2D eigenvalue weighted by Gasteiger charge is 2.36. The maximum atomic E-state index is 12.3. The molecule has 8 heteroatoms. The van der Waals surface area contributed by atoms with Gasteiger partial charge in [0.15, 0.2) is 11.3 Å². The standard InChI is InChI=1S/C15H14N4O4/c1-19(2)18-14-11(15(21)22)12(20)10(23-14)6-8-7-17-13-9(8)4-3-5-16-13/h3-7,18H,1-2H3,(H,16,17)(H,21,22). The highest BCUT2D eigenvalue weighted by molar-refractivity contribution is 6.26. The number of fused-ring (bicyclic) bond motifs is 1. The van der Waals surface area contributed by atoms with Gasteiger partial charge in [-0.25, -0.2) is 14.8 Å². The van der Waals surface area contributed by atoms with Crippen LogP contribution in [0.2, 0.25) is 0 Å². The molecule has 0 amide bonds. The first-order chi connectivity index (χ1) is 11.0. The quantitative estimate of drug-likeness (QED) is 0.436. The number of hydrogen-bond donors (Lipinski definition) is 3. The predicted molar refractivity (Wildman–Crippen MR) is 81.6 cm³/mol. The van der Waals surface area contributed by atoms with Crippen LogP contribution < -0.4 is 5.43 Å². The van der Waals surface area contributed by atoms with Crippen molar-refractivity contribution >= 4 is 28.9 Å². The van der Waals surface area contributed by atoms with E-state index in [-0.39, 0.29) is 11.6 Å². The molecule has 0 atom stereocenters. The van der Waals surface area contributed by atoms with Crippen molar-refractivity contribution in [2.24, 2.45) is 0 Å². The average molecular weight is 314 g/mol. The van der Waals surface area contributed by atoms with Crippen LogP contribution in [0.1, 0.15) is 5.56 Å². The van der Waals surface area contributed by atoms with Crippen molar-refractivity contribution in [1.82, 2.24) is 20.4 Å². The Morgan fingerprint density at radius 3 is 2.96 bits per heavy atom. The van der Waals surface area contributed by atoms with Gasteiger partial charge in [0.25, 0.3) is 0 Å². The number of aliphatic carboxylic acids is 1. The van der Waals surface area contributed by atoms with Crippen LogP contribution in [0.15, 0.2) is 41.7 Å². The van der Waals surface area contributed by atoms with Crippen molar-refractivity contribution in [3.8, 4) is 0 Å². The summed E-state index contributed by atoms with van der Waals surface area (Å²) in [6.45, 7) is 0. The van der Waals surface area contributed by atoms with Gasteiger partial charge in [0, 0.05) is 37.4 Å². The summed E-state index contributed by atoms with van der Waals surface area (Å²) in [4.78, 5) is 30.7. The Hall–Kier alpha value is -3.13. The summed E-state index contributed by atoms with van der Waals surface area (Å²) in [6.07, 6.45) is 4.82. The van der Waals surface area contributed by atoms with E-state index in [0.29, 0.717) is 11.2 Å². The highest BCUT2D eigenvalue weighted by atomic mass is 16.5. The molecule has 0 aromatic carbocycles. The number of hydrogen-bond acceptors (Lipinski definition) is 6. The molecular formula is C15H14N4O4. The maximum Gasteiger partial charge on any atom is 0.345 e. The summed E-state index contributed by atoms with van der Waals surface area (Å²) < 4.78 is 5.40. The van der Waals surface area contributed by atoms with Crippen LogP contribution in [0.5, 0.6) is 0 Å². The summed E-state index contributed by atoms with van der Waals surface area (Å²) in [7, 11) is 3.32. The van der Waals surface area contributed by atoms with E-state index in [1.54, 1.807) is 32.6 Å². The molecule has 23 heavy (non-hydrogen) atoms. The van der Waals surface area contributed by atoms with Gasteiger partial charge in [-0.1, -0.05) is 0 Å². The van der Waals surface area contributed by atoms with Gasteiger partial charge in [0.05, 0.1) is 0 Å². The molecule has 0 saturated heterocycles. The van der Waals surface area contributed by atoms with E-state index in [1.165, 1.54) is 11.1 Å². The number of aromatic nitrogens is 2. The SMILES string of the molecule is CN(C)NC1=C(C(=O)O)C(=O)C(=Cc2c[nH]c3ncccc23)O1. The number of hydrazine groups is 1. The molecule has 0 bridgehead atoms. The van der Waals surface area contributed by atoms with Gasteiger partial charge in [-0.05, 0) is 18.2 Å². The third kappa shape index (κ3) is 2.67. The number of carbonyl (C=O) groups is 2. The Bertz CT molecular complexity index is 863. The van der Waals surface area contributed by atoms with Gasteiger partial charge in [-0.3, -0.25) is 10.2 Å². The van der Waals surface area contributed by atoms with Crippen LogP contribution in [-0.4, -0.2) is 45.9 Å². The Labute approximate surface area is 131 Å². The van der Waals surface area contributed by atoms with Gasteiger partial charge in [-0.2, -0.15) is 0 Å². The van der Waals surface area contributed by atoms with E-state index in [1.807, 2.05) is 6.07 Å². The zero-order chi connectivity index (χ0) is 16.6. The van der Waals surface area contributed by atoms with E-state index >= 15 is 0 Å². The number of aromatic amines is 1. The molecule has 0 fully saturated rings. The third-order valence-electron chi connectivity index (χ3n) is 3.20. The summed E-state index contributed by atoms with van der Waals surface area (Å²) in [5, 5.41) is 11.5. The van der Waals surface area contributed by atoms with Crippen LogP contribution in [0.25, 0.3) is 17.1 Å². The minimum atomic E-state index is -1.34. The highest BCUT2D eigenvalue weighted by Crippen LogP contribution is 2.27. The normalized spacial score (nSPS) is 16.5. The molecule has 3 heterocycles. The zero-order valence-corrected chi connectivity index (χ0v) is 12.5. The van der Waals surface area contributed by atoms with Crippen LogP contribution in [0.4, 0.5) is 0 Å². The molecule has 2 aromatic heterocycles. The Morgan fingerprint density at radius 2 is 2.26 bits per heavy atom. The van der Waals surface area contributed by atoms with Crippen LogP contribution in [0, 0.1) is 0 Å². The molecule has 3 rings (SSSR count). The number of nitrogens with one attached hydrogen (secondary N) is 2. The third-order valence-corrected chi connectivity index (χ3v) is 3.20. The molecule has 8 nitrogen and oxygen atoms in total. The lowest BCUT2D eigenvalue weighted by Gasteiger charge is -2.13. The average Bonchev–Trinajstić information content (AvgIpc) is 3.01. The molecule has 0 aliphatic carbocycles. The molecule has 1 aliphatic rings. The number of carbonyl (C=O) groups excluding carboxylic acids is 1. The van der Waals surface area contributed by atoms with E-state index in [2.05, 4.69) is 15.4 Å². The number of ketones is 1. The molecule has 0 spiro atoms. The Kier molecular flexibility index (Phi) is 3.59. The van der Waals surface area contributed by atoms with Crippen molar-refractivity contribution < 1.29 is 19.4 Å². The van der Waals surface area contributed by atoms with Gasteiger partial charge < -0.3 is 14.8 Å². The second kappa shape index (κ2) is 5.58. The smallest absolute Gasteiger partial charge is 0.345 e. The number of carboxylic acid groups (broad SMARTS) is 1. The number of pyridine rings is 1. The fourth-order valence-electron chi connectivity index (χ4n) is 2.24. The lowest BCUT2D eigenvalue weighted by atomic mass is 10.1. The lowest BCUT2D eigenvalue weighted by Crippen LogP contribution is -2.31. The number of allylic oxidation sites excluding steroid dienone is 1. The molecule has 3 N–H and O–H groups in total. The number of nitrogens with zero attached hydrogens (tertiary/aromatic N) is 2.